The number of benzene rings is 1. The first-order valence-corrected chi connectivity index (χ1v) is 4.61. The van der Waals surface area contributed by atoms with Crippen LogP contribution in [0, 0.1) is 0 Å². The number of ether oxygens (including phenoxy) is 2. The third kappa shape index (κ3) is 1.64. The molecule has 72 valence electrons. The molecule has 0 N–H and O–H groups in total. The largest absolute Gasteiger partial charge is 0.494 e. The van der Waals surface area contributed by atoms with E-state index in [0.29, 0.717) is 12.4 Å². The van der Waals surface area contributed by atoms with Crippen molar-refractivity contribution in [1.82, 2.24) is 0 Å². The van der Waals surface area contributed by atoms with Gasteiger partial charge in [-0.3, -0.25) is 0 Å². The lowest BCUT2D eigenvalue weighted by Gasteiger charge is -2.14. The Hall–Kier alpha value is -1.70. The summed E-state index contributed by atoms with van der Waals surface area (Å²) in [4.78, 5) is 0. The minimum atomic E-state index is 0.658. The van der Waals surface area contributed by atoms with Crippen LogP contribution in [0.15, 0.2) is 36.6 Å². The zero-order valence-electron chi connectivity index (χ0n) is 8.12. The van der Waals surface area contributed by atoms with Crippen LogP contribution in [-0.4, -0.2) is 6.61 Å². The van der Waals surface area contributed by atoms with Crippen LogP contribution < -0.4 is 9.47 Å². The molecule has 1 heterocycles. The third-order valence-electron chi connectivity index (χ3n) is 1.99. The molecular formula is C12H12O2. The standard InChI is InChI=1S/C12H12O2/c1-3-13-11-7-6-10-5-4-9(2)14-12(10)8-11/h4-8H,2-3H2,1H3. The lowest BCUT2D eigenvalue weighted by molar-refractivity contribution is 0.337. The molecule has 0 amide bonds. The van der Waals surface area contributed by atoms with Gasteiger partial charge in [-0.1, -0.05) is 6.58 Å². The highest BCUT2D eigenvalue weighted by molar-refractivity contribution is 5.63. The van der Waals surface area contributed by atoms with Gasteiger partial charge in [0.1, 0.15) is 17.3 Å². The number of hydrogen-bond acceptors (Lipinski definition) is 2. The van der Waals surface area contributed by atoms with Crippen molar-refractivity contribution in [2.24, 2.45) is 0 Å². The van der Waals surface area contributed by atoms with E-state index in [1.807, 2.05) is 37.3 Å². The van der Waals surface area contributed by atoms with Gasteiger partial charge in [-0.25, -0.2) is 0 Å². The van der Waals surface area contributed by atoms with Crippen molar-refractivity contribution in [3.63, 3.8) is 0 Å². The number of fused-ring (bicyclic) bond motifs is 1. The molecule has 2 rings (SSSR count). The predicted octanol–water partition coefficient (Wildman–Crippen LogP) is 3.00. The summed E-state index contributed by atoms with van der Waals surface area (Å²) in [5, 5.41) is 0. The minimum Gasteiger partial charge on any atom is -0.494 e. The van der Waals surface area contributed by atoms with E-state index < -0.39 is 0 Å². The summed E-state index contributed by atoms with van der Waals surface area (Å²) in [6.45, 7) is 6.36. The van der Waals surface area contributed by atoms with Gasteiger partial charge in [-0.15, -0.1) is 0 Å². The van der Waals surface area contributed by atoms with Gasteiger partial charge < -0.3 is 9.47 Å². The second-order valence-electron chi connectivity index (χ2n) is 3.03. The molecular weight excluding hydrogens is 176 g/mol. The Morgan fingerprint density at radius 3 is 3.00 bits per heavy atom. The molecule has 0 atom stereocenters. The van der Waals surface area contributed by atoms with Crippen LogP contribution in [0.3, 0.4) is 0 Å². The van der Waals surface area contributed by atoms with Crippen molar-refractivity contribution in [3.8, 4) is 11.5 Å². The number of rotatable bonds is 2. The first-order valence-electron chi connectivity index (χ1n) is 4.61. The quantitative estimate of drug-likeness (QED) is 0.710. The molecule has 0 aromatic heterocycles. The summed E-state index contributed by atoms with van der Waals surface area (Å²) < 4.78 is 10.8. The van der Waals surface area contributed by atoms with E-state index >= 15 is 0 Å². The fourth-order valence-corrected chi connectivity index (χ4v) is 1.36. The van der Waals surface area contributed by atoms with Crippen molar-refractivity contribution in [1.29, 1.82) is 0 Å². The highest BCUT2D eigenvalue weighted by Crippen LogP contribution is 2.30. The summed E-state index contributed by atoms with van der Waals surface area (Å²) in [7, 11) is 0. The minimum absolute atomic E-state index is 0.658. The van der Waals surface area contributed by atoms with Crippen molar-refractivity contribution < 1.29 is 9.47 Å². The number of hydrogen-bond donors (Lipinski definition) is 0. The van der Waals surface area contributed by atoms with Gasteiger partial charge in [0.25, 0.3) is 0 Å². The van der Waals surface area contributed by atoms with Gasteiger partial charge in [0.15, 0.2) is 0 Å². The van der Waals surface area contributed by atoms with Crippen LogP contribution in [-0.2, 0) is 0 Å². The Balaban J connectivity index is 2.34. The van der Waals surface area contributed by atoms with Gasteiger partial charge >= 0.3 is 0 Å². The monoisotopic (exact) mass is 188 g/mol. The van der Waals surface area contributed by atoms with Crippen LogP contribution >= 0.6 is 0 Å². The Morgan fingerprint density at radius 2 is 2.21 bits per heavy atom. The summed E-state index contributed by atoms with van der Waals surface area (Å²) in [6, 6.07) is 5.79. The van der Waals surface area contributed by atoms with E-state index in [0.717, 1.165) is 17.1 Å². The molecule has 0 unspecified atom stereocenters. The van der Waals surface area contributed by atoms with E-state index in [1.54, 1.807) is 0 Å². The molecule has 0 bridgehead atoms. The second-order valence-corrected chi connectivity index (χ2v) is 3.03. The average Bonchev–Trinajstić information content (AvgIpc) is 2.17. The molecule has 0 saturated carbocycles. The van der Waals surface area contributed by atoms with E-state index in [4.69, 9.17) is 9.47 Å². The summed E-state index contributed by atoms with van der Waals surface area (Å²) in [6.07, 6.45) is 3.83. The van der Waals surface area contributed by atoms with Gasteiger partial charge in [0.05, 0.1) is 6.61 Å². The van der Waals surface area contributed by atoms with Crippen molar-refractivity contribution in [2.75, 3.05) is 6.61 Å². The van der Waals surface area contributed by atoms with Crippen molar-refractivity contribution >= 4 is 6.08 Å². The molecule has 0 fully saturated rings. The highest BCUT2D eigenvalue weighted by atomic mass is 16.5. The molecule has 0 radical (unpaired) electrons. The van der Waals surface area contributed by atoms with Crippen LogP contribution in [0.1, 0.15) is 12.5 Å². The van der Waals surface area contributed by atoms with E-state index in [2.05, 4.69) is 6.58 Å². The third-order valence-corrected chi connectivity index (χ3v) is 1.99. The maximum atomic E-state index is 5.46. The Labute approximate surface area is 83.5 Å². The van der Waals surface area contributed by atoms with Crippen LogP contribution in [0.2, 0.25) is 0 Å². The van der Waals surface area contributed by atoms with E-state index in [-0.39, 0.29) is 0 Å². The molecule has 14 heavy (non-hydrogen) atoms. The molecule has 0 saturated heterocycles. The molecule has 0 aliphatic carbocycles. The van der Waals surface area contributed by atoms with Gasteiger partial charge in [-0.05, 0) is 31.2 Å². The average molecular weight is 188 g/mol. The summed E-state index contributed by atoms with van der Waals surface area (Å²) in [5.74, 6) is 2.30. The van der Waals surface area contributed by atoms with Crippen molar-refractivity contribution in [3.05, 3.63) is 42.2 Å². The zero-order chi connectivity index (χ0) is 9.97. The summed E-state index contributed by atoms with van der Waals surface area (Å²) >= 11 is 0. The Bertz CT molecular complexity index is 391. The lowest BCUT2D eigenvalue weighted by atomic mass is 10.1. The second kappa shape index (κ2) is 3.58. The van der Waals surface area contributed by atoms with E-state index in [9.17, 15) is 0 Å². The van der Waals surface area contributed by atoms with Crippen LogP contribution in [0.5, 0.6) is 11.5 Å². The van der Waals surface area contributed by atoms with Gasteiger partial charge in [0, 0.05) is 11.6 Å². The molecule has 1 aromatic carbocycles. The molecule has 2 heteroatoms. The normalized spacial score (nSPS) is 13.4. The van der Waals surface area contributed by atoms with Gasteiger partial charge in [0.2, 0.25) is 0 Å². The predicted molar refractivity (Wildman–Crippen MR) is 56.4 cm³/mol. The Kier molecular flexibility index (Phi) is 2.27. The fourth-order valence-electron chi connectivity index (χ4n) is 1.36. The Morgan fingerprint density at radius 1 is 1.36 bits per heavy atom. The van der Waals surface area contributed by atoms with Crippen LogP contribution in [0.4, 0.5) is 0 Å². The smallest absolute Gasteiger partial charge is 0.138 e. The molecule has 2 nitrogen and oxygen atoms in total. The van der Waals surface area contributed by atoms with Gasteiger partial charge in [-0.2, -0.15) is 0 Å². The molecule has 1 aliphatic rings. The fraction of sp³-hybridized carbons (Fsp3) is 0.167. The SMILES string of the molecule is C=C1C=Cc2ccc(OCC)cc2O1. The van der Waals surface area contributed by atoms with Crippen molar-refractivity contribution in [2.45, 2.75) is 6.92 Å². The maximum absolute atomic E-state index is 5.46. The molecule has 1 aromatic rings. The van der Waals surface area contributed by atoms with Crippen LogP contribution in [0.25, 0.3) is 6.08 Å². The topological polar surface area (TPSA) is 18.5 Å². The molecule has 1 aliphatic heterocycles. The zero-order valence-corrected chi connectivity index (χ0v) is 8.12. The lowest BCUT2D eigenvalue weighted by Crippen LogP contribution is -1.99. The summed E-state index contributed by atoms with van der Waals surface area (Å²) in [5.41, 5.74) is 1.06. The first-order chi connectivity index (χ1) is 6.79. The highest BCUT2D eigenvalue weighted by Gasteiger charge is 2.08. The first kappa shape index (κ1) is 8.88. The maximum Gasteiger partial charge on any atom is 0.138 e. The van der Waals surface area contributed by atoms with E-state index in [1.165, 1.54) is 0 Å². The number of allylic oxidation sites excluding steroid dienone is 1. The molecule has 0 spiro atoms.